The molecule has 1 aromatic rings. The number of carbonyl (C=O) groups is 1. The molecular weight excluding hydrogens is 222 g/mol. The van der Waals surface area contributed by atoms with Crippen LogP contribution in [0.15, 0.2) is 12.1 Å². The molecule has 0 fully saturated rings. The van der Waals surface area contributed by atoms with Gasteiger partial charge < -0.3 is 10.1 Å². The number of benzene rings is 1. The Balaban J connectivity index is 0.00000106. The summed E-state index contributed by atoms with van der Waals surface area (Å²) < 4.78 is 0. The van der Waals surface area contributed by atoms with Crippen molar-refractivity contribution in [1.29, 1.82) is 0 Å². The van der Waals surface area contributed by atoms with E-state index >= 15 is 0 Å². The number of hydrogen-bond donors (Lipinski definition) is 1. The van der Waals surface area contributed by atoms with E-state index in [2.05, 4.69) is 11.4 Å². The van der Waals surface area contributed by atoms with Gasteiger partial charge in [0.15, 0.2) is 0 Å². The molecule has 0 saturated carbocycles. The lowest BCUT2D eigenvalue weighted by molar-refractivity contribution is -0.107. The van der Waals surface area contributed by atoms with E-state index < -0.39 is 0 Å². The first kappa shape index (κ1) is 15.0. The normalized spacial score (nSPS) is 9.06. The molecule has 0 amide bonds. The third-order valence-electron chi connectivity index (χ3n) is 2.10. The van der Waals surface area contributed by atoms with E-state index in [9.17, 15) is 4.79 Å². The monoisotopic (exact) mass is 241 g/mol. The zero-order valence-corrected chi connectivity index (χ0v) is 11.2. The second-order valence-corrected chi connectivity index (χ2v) is 3.64. The van der Waals surface area contributed by atoms with Crippen LogP contribution in [0.2, 0.25) is 5.02 Å². The second kappa shape index (κ2) is 8.17. The van der Waals surface area contributed by atoms with E-state index in [0.29, 0.717) is 11.4 Å². The number of carbonyl (C=O) groups excluding carboxylic acids is 1. The van der Waals surface area contributed by atoms with Crippen molar-refractivity contribution in [3.05, 3.63) is 28.3 Å². The number of halogens is 1. The molecule has 0 unspecified atom stereocenters. The second-order valence-electron chi connectivity index (χ2n) is 3.24. The van der Waals surface area contributed by atoms with Gasteiger partial charge in [-0.2, -0.15) is 0 Å². The minimum atomic E-state index is 0.536. The van der Waals surface area contributed by atoms with E-state index in [0.717, 1.165) is 29.5 Å². The molecule has 90 valence electrons. The van der Waals surface area contributed by atoms with Crippen LogP contribution >= 0.6 is 11.6 Å². The molecule has 0 radical (unpaired) electrons. The van der Waals surface area contributed by atoms with E-state index in [1.807, 2.05) is 33.9 Å². The van der Waals surface area contributed by atoms with Crippen molar-refractivity contribution in [2.75, 3.05) is 12.4 Å². The van der Waals surface area contributed by atoms with Gasteiger partial charge in [-0.25, -0.2) is 0 Å². The summed E-state index contributed by atoms with van der Waals surface area (Å²) in [6.45, 7) is 6.00. The predicted molar refractivity (Wildman–Crippen MR) is 71.5 cm³/mol. The molecule has 16 heavy (non-hydrogen) atoms. The number of nitrogens with one attached hydrogen (secondary N) is 1. The Hall–Kier alpha value is -1.02. The first-order chi connectivity index (χ1) is 7.69. The molecule has 0 saturated heterocycles. The number of anilines is 1. The standard InChI is InChI=1S/C11H14ClNO.C2H6/c1-8-6-9(4-3-5-14)11(13-2)10(12)7-8;1-2/h5-7,13H,3-4H2,1-2H3;1-2H3. The van der Waals surface area contributed by atoms with Gasteiger partial charge in [-0.3, -0.25) is 0 Å². The fourth-order valence-corrected chi connectivity index (χ4v) is 1.89. The van der Waals surface area contributed by atoms with Crippen LogP contribution in [0.25, 0.3) is 0 Å². The largest absolute Gasteiger partial charge is 0.387 e. The highest BCUT2D eigenvalue weighted by Crippen LogP contribution is 2.28. The van der Waals surface area contributed by atoms with Crippen LogP contribution in [0.5, 0.6) is 0 Å². The van der Waals surface area contributed by atoms with Crippen molar-refractivity contribution in [2.45, 2.75) is 33.6 Å². The molecular formula is C13H20ClNO. The minimum Gasteiger partial charge on any atom is -0.387 e. The molecule has 0 bridgehead atoms. The summed E-state index contributed by atoms with van der Waals surface area (Å²) in [6, 6.07) is 3.97. The van der Waals surface area contributed by atoms with E-state index in [1.165, 1.54) is 0 Å². The molecule has 0 aliphatic heterocycles. The molecule has 0 aliphatic carbocycles. The maximum Gasteiger partial charge on any atom is 0.120 e. The van der Waals surface area contributed by atoms with Gasteiger partial charge in [-0.15, -0.1) is 0 Å². The van der Waals surface area contributed by atoms with Gasteiger partial charge in [0.2, 0.25) is 0 Å². The smallest absolute Gasteiger partial charge is 0.120 e. The van der Waals surface area contributed by atoms with Crippen molar-refractivity contribution in [3.8, 4) is 0 Å². The van der Waals surface area contributed by atoms with E-state index in [4.69, 9.17) is 11.6 Å². The van der Waals surface area contributed by atoms with Crippen LogP contribution in [0.1, 0.15) is 31.4 Å². The van der Waals surface area contributed by atoms with E-state index in [1.54, 1.807) is 0 Å². The van der Waals surface area contributed by atoms with Crippen LogP contribution < -0.4 is 5.32 Å². The number of aldehydes is 1. The Morgan fingerprint density at radius 3 is 2.50 bits per heavy atom. The Kier molecular flexibility index (Phi) is 7.65. The zero-order chi connectivity index (χ0) is 12.6. The summed E-state index contributed by atoms with van der Waals surface area (Å²) in [4.78, 5) is 10.3. The summed E-state index contributed by atoms with van der Waals surface area (Å²) in [6.07, 6.45) is 2.20. The maximum atomic E-state index is 10.3. The molecule has 1 rings (SSSR count). The molecule has 0 heterocycles. The number of aryl methyl sites for hydroxylation is 2. The van der Waals surface area contributed by atoms with Crippen molar-refractivity contribution >= 4 is 23.6 Å². The summed E-state index contributed by atoms with van der Waals surface area (Å²) in [5.74, 6) is 0. The lowest BCUT2D eigenvalue weighted by atomic mass is 10.0. The van der Waals surface area contributed by atoms with Gasteiger partial charge in [0.25, 0.3) is 0 Å². The SMILES string of the molecule is CC.CNc1c(Cl)cc(C)cc1CCC=O. The molecule has 0 atom stereocenters. The third-order valence-corrected chi connectivity index (χ3v) is 2.40. The van der Waals surface area contributed by atoms with Crippen LogP contribution in [0.4, 0.5) is 5.69 Å². The van der Waals surface area contributed by atoms with Crippen LogP contribution in [0.3, 0.4) is 0 Å². The van der Waals surface area contributed by atoms with Crippen LogP contribution in [-0.2, 0) is 11.2 Å². The highest BCUT2D eigenvalue weighted by Gasteiger charge is 2.06. The molecule has 0 spiro atoms. The molecule has 2 nitrogen and oxygen atoms in total. The van der Waals surface area contributed by atoms with Crippen LogP contribution in [-0.4, -0.2) is 13.3 Å². The lowest BCUT2D eigenvalue weighted by Crippen LogP contribution is -1.98. The summed E-state index contributed by atoms with van der Waals surface area (Å²) in [5, 5.41) is 3.77. The highest BCUT2D eigenvalue weighted by atomic mass is 35.5. The summed E-state index contributed by atoms with van der Waals surface area (Å²) >= 11 is 6.06. The summed E-state index contributed by atoms with van der Waals surface area (Å²) in [5.41, 5.74) is 3.15. The van der Waals surface area contributed by atoms with Gasteiger partial charge in [0, 0.05) is 13.5 Å². The topological polar surface area (TPSA) is 29.1 Å². The fraction of sp³-hybridized carbons (Fsp3) is 0.462. The maximum absolute atomic E-state index is 10.3. The van der Waals surface area contributed by atoms with Gasteiger partial charge in [0.1, 0.15) is 6.29 Å². The van der Waals surface area contributed by atoms with Crippen molar-refractivity contribution < 1.29 is 4.79 Å². The average Bonchev–Trinajstić information content (AvgIpc) is 2.28. The molecule has 0 aliphatic rings. The molecule has 0 aromatic heterocycles. The van der Waals surface area contributed by atoms with Crippen molar-refractivity contribution in [3.63, 3.8) is 0 Å². The van der Waals surface area contributed by atoms with Gasteiger partial charge >= 0.3 is 0 Å². The van der Waals surface area contributed by atoms with Gasteiger partial charge in [-0.05, 0) is 30.5 Å². The van der Waals surface area contributed by atoms with E-state index in [-0.39, 0.29) is 0 Å². The molecule has 1 N–H and O–H groups in total. The quantitative estimate of drug-likeness (QED) is 0.812. The molecule has 1 aromatic carbocycles. The Morgan fingerprint density at radius 1 is 1.38 bits per heavy atom. The average molecular weight is 242 g/mol. The summed E-state index contributed by atoms with van der Waals surface area (Å²) in [7, 11) is 1.83. The molecule has 3 heteroatoms. The van der Waals surface area contributed by atoms with Gasteiger partial charge in [-0.1, -0.05) is 31.5 Å². The number of rotatable bonds is 4. The first-order valence-electron chi connectivity index (χ1n) is 5.59. The van der Waals surface area contributed by atoms with Crippen molar-refractivity contribution in [1.82, 2.24) is 0 Å². The third kappa shape index (κ3) is 4.23. The zero-order valence-electron chi connectivity index (χ0n) is 10.4. The Labute approximate surface area is 103 Å². The minimum absolute atomic E-state index is 0.536. The Morgan fingerprint density at radius 2 is 2.00 bits per heavy atom. The Bertz CT molecular complexity index is 337. The van der Waals surface area contributed by atoms with Crippen molar-refractivity contribution in [2.24, 2.45) is 0 Å². The predicted octanol–water partition coefficient (Wildman–Crippen LogP) is 3.85. The number of hydrogen-bond acceptors (Lipinski definition) is 2. The van der Waals surface area contributed by atoms with Crippen LogP contribution in [0, 0.1) is 6.92 Å². The highest BCUT2D eigenvalue weighted by molar-refractivity contribution is 6.33. The fourth-order valence-electron chi connectivity index (χ4n) is 1.51. The first-order valence-corrected chi connectivity index (χ1v) is 5.97. The van der Waals surface area contributed by atoms with Gasteiger partial charge in [0.05, 0.1) is 10.7 Å². The lowest BCUT2D eigenvalue weighted by Gasteiger charge is -2.11.